The Balaban J connectivity index is 2.98. The summed E-state index contributed by atoms with van der Waals surface area (Å²) < 4.78 is 0. The number of nitrogens with one attached hydrogen (secondary N) is 1. The Kier molecular flexibility index (Phi) is 9.49. The summed E-state index contributed by atoms with van der Waals surface area (Å²) >= 11 is 0. The summed E-state index contributed by atoms with van der Waals surface area (Å²) in [5.74, 6) is 0.256. The highest BCUT2D eigenvalue weighted by atomic mass is 16.2. The maximum atomic E-state index is 12.8. The van der Waals surface area contributed by atoms with E-state index in [0.29, 0.717) is 17.7 Å². The molecule has 1 rings (SSSR count). The van der Waals surface area contributed by atoms with E-state index >= 15 is 0 Å². The number of amides is 1. The van der Waals surface area contributed by atoms with Crippen LogP contribution in [0.15, 0.2) is 12.3 Å². The minimum Gasteiger partial charge on any atom is -0.349 e. The normalized spacial score (nSPS) is 13.5. The number of hydrogen-bond acceptors (Lipinski definition) is 4. The summed E-state index contributed by atoms with van der Waals surface area (Å²) in [6, 6.07) is 1.37. The van der Waals surface area contributed by atoms with Gasteiger partial charge in [-0.05, 0) is 29.9 Å². The van der Waals surface area contributed by atoms with Crippen LogP contribution in [0.4, 0.5) is 0 Å². The lowest BCUT2D eigenvalue weighted by Crippen LogP contribution is -2.44. The Morgan fingerprint density at radius 1 is 1.19 bits per heavy atom. The van der Waals surface area contributed by atoms with Crippen molar-refractivity contribution >= 4 is 11.7 Å². The van der Waals surface area contributed by atoms with Crippen LogP contribution in [-0.4, -0.2) is 22.7 Å². The first-order valence-corrected chi connectivity index (χ1v) is 9.87. The van der Waals surface area contributed by atoms with Crippen LogP contribution in [0, 0.1) is 5.92 Å². The number of carbonyl (C=O) groups excluding carboxylic acids is 2. The molecule has 0 aliphatic carbocycles. The molecule has 0 fully saturated rings. The van der Waals surface area contributed by atoms with Crippen LogP contribution < -0.4 is 11.1 Å². The van der Waals surface area contributed by atoms with Crippen molar-refractivity contribution in [3.05, 3.63) is 29.1 Å². The first kappa shape index (κ1) is 22.3. The van der Waals surface area contributed by atoms with Crippen LogP contribution in [-0.2, 0) is 11.3 Å². The van der Waals surface area contributed by atoms with Crippen molar-refractivity contribution in [2.24, 2.45) is 11.7 Å². The lowest BCUT2D eigenvalue weighted by molar-refractivity contribution is -0.123. The van der Waals surface area contributed by atoms with Gasteiger partial charge in [0.05, 0.1) is 18.3 Å². The molecule has 5 heteroatoms. The number of aromatic nitrogens is 1. The van der Waals surface area contributed by atoms with E-state index in [1.165, 1.54) is 0 Å². The molecule has 1 heterocycles. The number of hydrogen-bond donors (Lipinski definition) is 2. The third kappa shape index (κ3) is 6.20. The number of rotatable bonds is 11. The smallest absolute Gasteiger partial charge is 0.237 e. The zero-order chi connectivity index (χ0) is 19.7. The standard InChI is InChI=1S/C21H35N3O2/c1-6-8-9-10-18(25)19-16(14(3)4)11-12-23-17(19)13-24-21(26)20(22)15(5)7-2/h11-12,14-15,20H,6-10,13,22H2,1-5H3,(H,24,26)/t15-,20-/m0/s1. The summed E-state index contributed by atoms with van der Waals surface area (Å²) in [6.07, 6.45) is 6.08. The van der Waals surface area contributed by atoms with Crippen LogP contribution >= 0.6 is 0 Å². The lowest BCUT2D eigenvalue weighted by atomic mass is 9.92. The van der Waals surface area contributed by atoms with Crippen molar-refractivity contribution in [1.82, 2.24) is 10.3 Å². The molecule has 146 valence electrons. The number of nitrogens with two attached hydrogens (primary N) is 1. The molecule has 0 radical (unpaired) electrons. The molecular formula is C21H35N3O2. The van der Waals surface area contributed by atoms with E-state index in [-0.39, 0.29) is 30.1 Å². The van der Waals surface area contributed by atoms with Gasteiger partial charge >= 0.3 is 0 Å². The molecule has 5 nitrogen and oxygen atoms in total. The first-order chi connectivity index (χ1) is 12.3. The number of unbranched alkanes of at least 4 members (excludes halogenated alkanes) is 2. The molecule has 1 amide bonds. The van der Waals surface area contributed by atoms with Gasteiger partial charge in [0.15, 0.2) is 5.78 Å². The number of nitrogens with zero attached hydrogens (tertiary/aromatic N) is 1. The molecule has 0 spiro atoms. The molecular weight excluding hydrogens is 326 g/mol. The highest BCUT2D eigenvalue weighted by molar-refractivity contribution is 5.98. The van der Waals surface area contributed by atoms with Gasteiger partial charge in [-0.1, -0.05) is 53.9 Å². The zero-order valence-corrected chi connectivity index (χ0v) is 17.0. The average molecular weight is 362 g/mol. The monoisotopic (exact) mass is 361 g/mol. The van der Waals surface area contributed by atoms with E-state index in [4.69, 9.17) is 5.73 Å². The second-order valence-electron chi connectivity index (χ2n) is 7.39. The predicted molar refractivity (Wildman–Crippen MR) is 106 cm³/mol. The SMILES string of the molecule is CCCCCC(=O)c1c(C(C)C)ccnc1CNC(=O)[C@@H](N)[C@@H](C)CC. The van der Waals surface area contributed by atoms with Gasteiger partial charge in [-0.2, -0.15) is 0 Å². The molecule has 0 saturated heterocycles. The van der Waals surface area contributed by atoms with Crippen LogP contribution in [0.1, 0.15) is 94.3 Å². The van der Waals surface area contributed by atoms with Gasteiger partial charge in [0.2, 0.25) is 5.91 Å². The Morgan fingerprint density at radius 3 is 2.46 bits per heavy atom. The van der Waals surface area contributed by atoms with Crippen LogP contribution in [0.25, 0.3) is 0 Å². The number of carbonyl (C=O) groups is 2. The van der Waals surface area contributed by atoms with Crippen LogP contribution in [0.3, 0.4) is 0 Å². The fourth-order valence-corrected chi connectivity index (χ4v) is 2.92. The Labute approximate surface area is 158 Å². The largest absolute Gasteiger partial charge is 0.349 e. The molecule has 0 unspecified atom stereocenters. The first-order valence-electron chi connectivity index (χ1n) is 9.87. The van der Waals surface area contributed by atoms with Crippen molar-refractivity contribution in [2.75, 3.05) is 0 Å². The Bertz CT molecular complexity index is 599. The van der Waals surface area contributed by atoms with Gasteiger partial charge in [-0.25, -0.2) is 0 Å². The van der Waals surface area contributed by atoms with E-state index in [1.807, 2.05) is 19.9 Å². The highest BCUT2D eigenvalue weighted by Gasteiger charge is 2.22. The predicted octanol–water partition coefficient (Wildman–Crippen LogP) is 3.96. The van der Waals surface area contributed by atoms with E-state index in [1.54, 1.807) is 6.20 Å². The van der Waals surface area contributed by atoms with Gasteiger partial charge in [0.25, 0.3) is 0 Å². The third-order valence-electron chi connectivity index (χ3n) is 4.96. The van der Waals surface area contributed by atoms with Crippen molar-refractivity contribution in [3.8, 4) is 0 Å². The topological polar surface area (TPSA) is 85.1 Å². The van der Waals surface area contributed by atoms with E-state index < -0.39 is 6.04 Å². The van der Waals surface area contributed by atoms with Gasteiger partial charge in [0, 0.05) is 18.2 Å². The maximum absolute atomic E-state index is 12.8. The molecule has 2 atom stereocenters. The second-order valence-corrected chi connectivity index (χ2v) is 7.39. The van der Waals surface area contributed by atoms with Crippen molar-refractivity contribution in [1.29, 1.82) is 0 Å². The quantitative estimate of drug-likeness (QED) is 0.461. The molecule has 0 bridgehead atoms. The van der Waals surface area contributed by atoms with Gasteiger partial charge < -0.3 is 11.1 Å². The number of Topliss-reactive ketones (excluding diaryl/α,β-unsaturated/α-hetero) is 1. The summed E-state index contributed by atoms with van der Waals surface area (Å²) in [6.45, 7) is 10.5. The lowest BCUT2D eigenvalue weighted by Gasteiger charge is -2.19. The third-order valence-corrected chi connectivity index (χ3v) is 4.96. The average Bonchev–Trinajstić information content (AvgIpc) is 2.64. The summed E-state index contributed by atoms with van der Waals surface area (Å²) in [4.78, 5) is 29.5. The number of pyridine rings is 1. The minimum absolute atomic E-state index is 0.111. The van der Waals surface area contributed by atoms with E-state index in [9.17, 15) is 9.59 Å². The Hall–Kier alpha value is -1.75. The summed E-state index contributed by atoms with van der Waals surface area (Å²) in [7, 11) is 0. The Morgan fingerprint density at radius 2 is 1.88 bits per heavy atom. The number of ketones is 1. The van der Waals surface area contributed by atoms with Crippen molar-refractivity contribution in [2.45, 2.75) is 85.2 Å². The van der Waals surface area contributed by atoms with Gasteiger partial charge in [-0.3, -0.25) is 14.6 Å². The van der Waals surface area contributed by atoms with Gasteiger partial charge in [0.1, 0.15) is 0 Å². The highest BCUT2D eigenvalue weighted by Crippen LogP contribution is 2.24. The summed E-state index contributed by atoms with van der Waals surface area (Å²) in [5.41, 5.74) is 8.31. The molecule has 3 N–H and O–H groups in total. The van der Waals surface area contributed by atoms with E-state index in [0.717, 1.165) is 31.2 Å². The van der Waals surface area contributed by atoms with Gasteiger partial charge in [-0.15, -0.1) is 0 Å². The van der Waals surface area contributed by atoms with Crippen LogP contribution in [0.2, 0.25) is 0 Å². The molecule has 26 heavy (non-hydrogen) atoms. The molecule has 1 aromatic rings. The molecule has 0 saturated carbocycles. The van der Waals surface area contributed by atoms with Crippen molar-refractivity contribution in [3.63, 3.8) is 0 Å². The fourth-order valence-electron chi connectivity index (χ4n) is 2.92. The molecule has 0 aliphatic rings. The molecule has 0 aromatic carbocycles. The minimum atomic E-state index is -0.544. The van der Waals surface area contributed by atoms with Crippen LogP contribution in [0.5, 0.6) is 0 Å². The molecule has 0 aliphatic heterocycles. The maximum Gasteiger partial charge on any atom is 0.237 e. The summed E-state index contributed by atoms with van der Waals surface area (Å²) in [5, 5.41) is 2.86. The molecule has 1 aromatic heterocycles. The van der Waals surface area contributed by atoms with Crippen molar-refractivity contribution < 1.29 is 9.59 Å². The second kappa shape index (κ2) is 11.1. The fraction of sp³-hybridized carbons (Fsp3) is 0.667. The van der Waals surface area contributed by atoms with E-state index in [2.05, 4.69) is 31.1 Å². The zero-order valence-electron chi connectivity index (χ0n) is 17.0.